The molecule has 0 amide bonds. The van der Waals surface area contributed by atoms with Crippen LogP contribution in [0.2, 0.25) is 0 Å². The fourth-order valence-electron chi connectivity index (χ4n) is 10.8. The number of benzene rings is 6. The van der Waals surface area contributed by atoms with Crippen molar-refractivity contribution < 1.29 is 8.83 Å². The van der Waals surface area contributed by atoms with Crippen molar-refractivity contribution in [3.63, 3.8) is 0 Å². The summed E-state index contributed by atoms with van der Waals surface area (Å²) in [6.45, 7) is 29.9. The maximum absolute atomic E-state index is 7.53. The lowest BCUT2D eigenvalue weighted by Crippen LogP contribution is -2.13. The smallest absolute Gasteiger partial charge is 0.139 e. The van der Waals surface area contributed by atoms with Crippen molar-refractivity contribution in [1.29, 1.82) is 0 Å². The van der Waals surface area contributed by atoms with Crippen LogP contribution in [0.15, 0.2) is 93.8 Å². The second-order valence-electron chi connectivity index (χ2n) is 22.1. The molecule has 7 aromatic carbocycles. The Labute approximate surface area is 353 Å². The normalized spacial score (nSPS) is 13.9. The summed E-state index contributed by atoms with van der Waals surface area (Å²) in [7, 11) is 0. The Morgan fingerprint density at radius 3 is 0.833 bits per heavy atom. The summed E-state index contributed by atoms with van der Waals surface area (Å²) in [6, 6.07) is 32.0. The fourth-order valence-corrected chi connectivity index (χ4v) is 10.8. The zero-order valence-electron chi connectivity index (χ0n) is 37.6. The van der Waals surface area contributed by atoms with E-state index < -0.39 is 0 Å². The number of rotatable bonds is 6. The Morgan fingerprint density at radius 2 is 0.600 bits per heavy atom. The molecule has 304 valence electrons. The lowest BCUT2D eigenvalue weighted by atomic mass is 9.80. The highest BCUT2D eigenvalue weighted by molar-refractivity contribution is 6.45. The molecular weight excluding hydrogens is 733 g/mol. The largest absolute Gasteiger partial charge is 0.455 e. The number of furan rings is 2. The molecule has 0 radical (unpaired) electrons. The minimum atomic E-state index is -0.169. The second-order valence-corrected chi connectivity index (χ2v) is 22.1. The maximum atomic E-state index is 7.53. The van der Waals surface area contributed by atoms with E-state index in [1.807, 2.05) is 0 Å². The summed E-state index contributed by atoms with van der Waals surface area (Å²) in [5.74, 6) is 0. The van der Waals surface area contributed by atoms with Gasteiger partial charge in [0.05, 0.1) is 22.1 Å². The predicted octanol–water partition coefficient (Wildman–Crippen LogP) is 15.7. The first-order chi connectivity index (χ1) is 28.3. The number of nitrogens with zero attached hydrogens (tertiary/aromatic N) is 2. The molecule has 0 aliphatic carbocycles. The van der Waals surface area contributed by atoms with Crippen LogP contribution >= 0.6 is 0 Å². The Balaban J connectivity index is 1.45. The van der Waals surface area contributed by atoms with Gasteiger partial charge in [-0.15, -0.1) is 0 Å². The summed E-state index contributed by atoms with van der Waals surface area (Å²) in [4.78, 5) is 0. The molecule has 0 saturated heterocycles. The van der Waals surface area contributed by atoms with Gasteiger partial charge in [-0.25, -0.2) is 0 Å². The van der Waals surface area contributed by atoms with E-state index in [4.69, 9.17) is 8.83 Å². The van der Waals surface area contributed by atoms with E-state index in [1.165, 1.54) is 98.5 Å². The van der Waals surface area contributed by atoms with Gasteiger partial charge in [0.15, 0.2) is 0 Å². The molecule has 4 aromatic heterocycles. The topological polar surface area (TPSA) is 36.1 Å². The SMILES string of the molecule is CC(C)(C)c1cc2c3c4c1oc1c(C(C)(C)C)cc5c(c14)c1c4c(oc6c(C(C)(C)C)cc(c3c64)n2CCc2ccccc2)c(C(C)(C)C)cc1n5CCc1ccccc1. The molecule has 0 N–H and O–H groups in total. The first-order valence-corrected chi connectivity index (χ1v) is 22.2. The highest BCUT2D eigenvalue weighted by atomic mass is 16.3. The zero-order valence-corrected chi connectivity index (χ0v) is 37.6. The van der Waals surface area contributed by atoms with Crippen molar-refractivity contribution in [2.24, 2.45) is 0 Å². The number of aryl methyl sites for hydroxylation is 4. The Kier molecular flexibility index (Phi) is 7.56. The number of aromatic nitrogens is 2. The molecule has 0 aliphatic rings. The summed E-state index contributed by atoms with van der Waals surface area (Å²) in [6.07, 6.45) is 1.88. The molecule has 11 aromatic rings. The van der Waals surface area contributed by atoms with Gasteiger partial charge in [-0.2, -0.15) is 0 Å². The standard InChI is InChI=1S/C56H58N2O2/c1-53(2,3)33-27-37-41-42-38(57(37)25-23-31-19-15-13-16-20-31)29-35(55(7,8)9)51-47(42)48-44-40(30-36(52(48)60-51)56(10,11)12)58(26-24-32-21-17-14-18-22-32)39-28-34(54(4,5)6)50-46(43(39)44)45(41)49(33)59-50/h13-22,27-30H,23-26H2,1-12H3. The summed E-state index contributed by atoms with van der Waals surface area (Å²) < 4.78 is 20.4. The van der Waals surface area contributed by atoms with Crippen LogP contribution in [0, 0.1) is 0 Å². The second kappa shape index (κ2) is 12.1. The van der Waals surface area contributed by atoms with Crippen LogP contribution in [-0.4, -0.2) is 9.13 Å². The third-order valence-corrected chi connectivity index (χ3v) is 13.8. The fraction of sp³-hybridized carbons (Fsp3) is 0.357. The summed E-state index contributed by atoms with van der Waals surface area (Å²) in [5, 5.41) is 10.3. The highest BCUT2D eigenvalue weighted by Gasteiger charge is 2.37. The summed E-state index contributed by atoms with van der Waals surface area (Å²) >= 11 is 0. The van der Waals surface area contributed by atoms with E-state index in [0.29, 0.717) is 0 Å². The molecule has 0 spiro atoms. The molecule has 60 heavy (non-hydrogen) atoms. The minimum Gasteiger partial charge on any atom is -0.455 e. The van der Waals surface area contributed by atoms with Crippen molar-refractivity contribution in [3.05, 3.63) is 118 Å². The summed E-state index contributed by atoms with van der Waals surface area (Å²) in [5.41, 5.74) is 16.3. The van der Waals surface area contributed by atoms with E-state index in [9.17, 15) is 0 Å². The molecule has 0 atom stereocenters. The van der Waals surface area contributed by atoms with Gasteiger partial charge in [-0.3, -0.25) is 0 Å². The van der Waals surface area contributed by atoms with Gasteiger partial charge in [-0.1, -0.05) is 144 Å². The Morgan fingerprint density at radius 1 is 0.350 bits per heavy atom. The molecule has 11 rings (SSSR count). The van der Waals surface area contributed by atoms with Gasteiger partial charge in [0.2, 0.25) is 0 Å². The van der Waals surface area contributed by atoms with Crippen molar-refractivity contribution in [2.75, 3.05) is 0 Å². The van der Waals surface area contributed by atoms with Crippen LogP contribution in [0.4, 0.5) is 0 Å². The first-order valence-electron chi connectivity index (χ1n) is 22.2. The van der Waals surface area contributed by atoms with Gasteiger partial charge in [0, 0.05) is 78.4 Å². The molecule has 4 heterocycles. The van der Waals surface area contributed by atoms with Crippen molar-refractivity contribution in [2.45, 2.75) is 131 Å². The minimum absolute atomic E-state index is 0.169. The van der Waals surface area contributed by atoms with E-state index >= 15 is 0 Å². The quantitative estimate of drug-likeness (QED) is 0.168. The highest BCUT2D eigenvalue weighted by Crippen LogP contribution is 2.57. The van der Waals surface area contributed by atoms with E-state index in [-0.39, 0.29) is 21.7 Å². The average molecular weight is 791 g/mol. The van der Waals surface area contributed by atoms with E-state index in [1.54, 1.807) is 0 Å². The van der Waals surface area contributed by atoms with Crippen LogP contribution in [-0.2, 0) is 47.6 Å². The Hall–Kier alpha value is -5.48. The predicted molar refractivity (Wildman–Crippen MR) is 256 cm³/mol. The van der Waals surface area contributed by atoms with Crippen LogP contribution in [0.25, 0.3) is 87.5 Å². The number of hydrogen-bond acceptors (Lipinski definition) is 2. The Bertz CT molecular complexity index is 3010. The molecule has 0 aliphatic heterocycles. The molecule has 0 bridgehead atoms. The van der Waals surface area contributed by atoms with Crippen LogP contribution in [0.3, 0.4) is 0 Å². The van der Waals surface area contributed by atoms with E-state index in [0.717, 1.165) is 48.3 Å². The maximum Gasteiger partial charge on any atom is 0.139 e. The number of hydrogen-bond donors (Lipinski definition) is 0. The molecule has 0 saturated carbocycles. The van der Waals surface area contributed by atoms with E-state index in [2.05, 4.69) is 177 Å². The average Bonchev–Trinajstić information content (AvgIpc) is 3.91. The van der Waals surface area contributed by atoms with Crippen LogP contribution < -0.4 is 0 Å². The van der Waals surface area contributed by atoms with Gasteiger partial charge < -0.3 is 18.0 Å². The van der Waals surface area contributed by atoms with Crippen LogP contribution in [0.1, 0.15) is 116 Å². The third kappa shape index (κ3) is 5.15. The lowest BCUT2D eigenvalue weighted by molar-refractivity contribution is 0.557. The first kappa shape index (κ1) is 37.5. The van der Waals surface area contributed by atoms with Gasteiger partial charge >= 0.3 is 0 Å². The molecule has 4 nitrogen and oxygen atoms in total. The lowest BCUT2D eigenvalue weighted by Gasteiger charge is -2.21. The van der Waals surface area contributed by atoms with Gasteiger partial charge in [-0.05, 0) is 69.9 Å². The molecule has 0 fully saturated rings. The van der Waals surface area contributed by atoms with Crippen LogP contribution in [0.5, 0.6) is 0 Å². The molecule has 0 unspecified atom stereocenters. The monoisotopic (exact) mass is 790 g/mol. The molecule has 4 heteroatoms. The zero-order chi connectivity index (χ0) is 42.0. The van der Waals surface area contributed by atoms with Crippen molar-refractivity contribution in [3.8, 4) is 0 Å². The third-order valence-electron chi connectivity index (χ3n) is 13.8. The van der Waals surface area contributed by atoms with Gasteiger partial charge in [0.1, 0.15) is 22.3 Å². The van der Waals surface area contributed by atoms with Gasteiger partial charge in [0.25, 0.3) is 0 Å². The van der Waals surface area contributed by atoms with Crippen molar-refractivity contribution >= 4 is 87.5 Å². The molecular formula is C56H58N2O2. The van der Waals surface area contributed by atoms with Crippen molar-refractivity contribution in [1.82, 2.24) is 9.13 Å².